The number of nitrogens with zero attached hydrogens (tertiary/aromatic N) is 5. The summed E-state index contributed by atoms with van der Waals surface area (Å²) in [5.74, 6) is 0.904. The fraction of sp³-hybridized carbons (Fsp3) is 0.947. The number of guanidine groups is 1. The van der Waals surface area contributed by atoms with Crippen LogP contribution in [-0.2, 0) is 14.8 Å². The topological polar surface area (TPSA) is 80.7 Å². The Morgan fingerprint density at radius 2 is 1.66 bits per heavy atom. The molecule has 0 spiro atoms. The van der Waals surface area contributed by atoms with Crippen molar-refractivity contribution in [2.75, 3.05) is 91.4 Å². The molecule has 0 aliphatic carbocycles. The summed E-state index contributed by atoms with van der Waals surface area (Å²) >= 11 is 0. The normalized spacial score (nSPS) is 21.1. The average Bonchev–Trinajstić information content (AvgIpc) is 2.71. The SMILES string of the molecule is CCN1CCN(CCNC(=NC)N2CCN(S(=O)(=O)CCOC(C)C)CC2)CC1. The molecule has 9 nitrogen and oxygen atoms in total. The highest BCUT2D eigenvalue weighted by molar-refractivity contribution is 7.89. The summed E-state index contributed by atoms with van der Waals surface area (Å²) < 4.78 is 31.9. The predicted molar refractivity (Wildman–Crippen MR) is 118 cm³/mol. The molecule has 0 amide bonds. The van der Waals surface area contributed by atoms with Gasteiger partial charge in [-0.15, -0.1) is 0 Å². The van der Waals surface area contributed by atoms with Gasteiger partial charge in [0.1, 0.15) is 0 Å². The Morgan fingerprint density at radius 1 is 1.03 bits per heavy atom. The number of hydrogen-bond donors (Lipinski definition) is 1. The molecule has 2 heterocycles. The number of nitrogens with one attached hydrogen (secondary N) is 1. The second-order valence-electron chi connectivity index (χ2n) is 7.87. The average molecular weight is 433 g/mol. The summed E-state index contributed by atoms with van der Waals surface area (Å²) in [7, 11) is -1.48. The highest BCUT2D eigenvalue weighted by Gasteiger charge is 2.28. The first-order valence-electron chi connectivity index (χ1n) is 10.9. The molecule has 2 rings (SSSR count). The minimum atomic E-state index is -3.26. The second-order valence-corrected chi connectivity index (χ2v) is 9.96. The molecule has 0 unspecified atom stereocenters. The van der Waals surface area contributed by atoms with Crippen molar-refractivity contribution in [1.82, 2.24) is 24.3 Å². The molecule has 10 heteroatoms. The van der Waals surface area contributed by atoms with E-state index >= 15 is 0 Å². The third-order valence-corrected chi connectivity index (χ3v) is 7.39. The maximum Gasteiger partial charge on any atom is 0.216 e. The summed E-state index contributed by atoms with van der Waals surface area (Å²) in [4.78, 5) is 11.5. The van der Waals surface area contributed by atoms with Gasteiger partial charge in [0, 0.05) is 72.5 Å². The van der Waals surface area contributed by atoms with Crippen molar-refractivity contribution >= 4 is 16.0 Å². The standard InChI is InChI=1S/C19H40N6O3S/c1-5-22-8-10-23(11-9-22)7-6-21-19(20-4)24-12-14-25(15-13-24)29(26,27)17-16-28-18(2)3/h18H,5-17H2,1-4H3,(H,20,21). The van der Waals surface area contributed by atoms with Crippen molar-refractivity contribution in [2.45, 2.75) is 26.9 Å². The van der Waals surface area contributed by atoms with E-state index < -0.39 is 10.0 Å². The Labute approximate surface area is 177 Å². The van der Waals surface area contributed by atoms with Crippen LogP contribution in [0.25, 0.3) is 0 Å². The zero-order valence-electron chi connectivity index (χ0n) is 18.6. The molecule has 1 N–H and O–H groups in total. The van der Waals surface area contributed by atoms with Gasteiger partial charge in [-0.05, 0) is 20.4 Å². The molecular weight excluding hydrogens is 392 g/mol. The number of sulfonamides is 1. The monoisotopic (exact) mass is 432 g/mol. The first kappa shape index (κ1) is 24.3. The third kappa shape index (κ3) is 8.01. The minimum absolute atomic E-state index is 0.0451. The first-order valence-corrected chi connectivity index (χ1v) is 12.5. The molecule has 0 aromatic heterocycles. The molecule has 2 aliphatic rings. The smallest absolute Gasteiger partial charge is 0.216 e. The van der Waals surface area contributed by atoms with Crippen molar-refractivity contribution in [3.8, 4) is 0 Å². The van der Waals surface area contributed by atoms with Crippen LogP contribution in [0, 0.1) is 0 Å². The van der Waals surface area contributed by atoms with Crippen LogP contribution < -0.4 is 5.32 Å². The first-order chi connectivity index (χ1) is 13.9. The maximum absolute atomic E-state index is 12.5. The minimum Gasteiger partial charge on any atom is -0.378 e. The van der Waals surface area contributed by atoms with E-state index in [0.717, 1.165) is 51.8 Å². The molecule has 0 bridgehead atoms. The van der Waals surface area contributed by atoms with Gasteiger partial charge in [0.25, 0.3) is 0 Å². The van der Waals surface area contributed by atoms with Crippen LogP contribution in [0.4, 0.5) is 0 Å². The predicted octanol–water partition coefficient (Wildman–Crippen LogP) is -0.428. The number of likely N-dealkylation sites (N-methyl/N-ethyl adjacent to an activating group) is 1. The molecule has 2 fully saturated rings. The fourth-order valence-corrected chi connectivity index (χ4v) is 4.97. The summed E-state index contributed by atoms with van der Waals surface area (Å²) in [5, 5.41) is 3.44. The van der Waals surface area contributed by atoms with E-state index in [1.807, 2.05) is 13.8 Å². The molecule has 0 atom stereocenters. The Morgan fingerprint density at radius 3 is 2.21 bits per heavy atom. The van der Waals surface area contributed by atoms with Gasteiger partial charge in [0.15, 0.2) is 5.96 Å². The zero-order chi connectivity index (χ0) is 21.3. The van der Waals surface area contributed by atoms with Gasteiger partial charge in [0.05, 0.1) is 18.5 Å². The molecule has 170 valence electrons. The van der Waals surface area contributed by atoms with Crippen molar-refractivity contribution < 1.29 is 13.2 Å². The maximum atomic E-state index is 12.5. The molecule has 0 saturated carbocycles. The fourth-order valence-electron chi connectivity index (χ4n) is 3.68. The van der Waals surface area contributed by atoms with Crippen LogP contribution in [0.3, 0.4) is 0 Å². The van der Waals surface area contributed by atoms with E-state index in [4.69, 9.17) is 4.74 Å². The van der Waals surface area contributed by atoms with E-state index in [-0.39, 0.29) is 18.5 Å². The molecule has 0 aromatic rings. The Kier molecular flexibility index (Phi) is 10.1. The second kappa shape index (κ2) is 12.0. The Bertz CT molecular complexity index is 597. The van der Waals surface area contributed by atoms with Crippen molar-refractivity contribution in [1.29, 1.82) is 0 Å². The van der Waals surface area contributed by atoms with Crippen molar-refractivity contribution in [2.24, 2.45) is 4.99 Å². The molecular formula is C19H40N6O3S. The molecule has 2 aliphatic heterocycles. The lowest BCUT2D eigenvalue weighted by Crippen LogP contribution is -2.55. The van der Waals surface area contributed by atoms with Crippen LogP contribution in [0.5, 0.6) is 0 Å². The molecule has 0 aromatic carbocycles. The van der Waals surface area contributed by atoms with Crippen LogP contribution in [0.15, 0.2) is 4.99 Å². The number of aliphatic imine (C=N–C) groups is 1. The van der Waals surface area contributed by atoms with Crippen LogP contribution >= 0.6 is 0 Å². The van der Waals surface area contributed by atoms with E-state index in [2.05, 4.69) is 31.9 Å². The van der Waals surface area contributed by atoms with Gasteiger partial charge in [0.2, 0.25) is 10.0 Å². The Hall–Kier alpha value is -0.940. The molecule has 0 radical (unpaired) electrons. The van der Waals surface area contributed by atoms with Gasteiger partial charge < -0.3 is 19.9 Å². The van der Waals surface area contributed by atoms with Crippen LogP contribution in [0.1, 0.15) is 20.8 Å². The van der Waals surface area contributed by atoms with E-state index in [9.17, 15) is 8.42 Å². The van der Waals surface area contributed by atoms with Gasteiger partial charge in [-0.2, -0.15) is 4.31 Å². The highest BCUT2D eigenvalue weighted by Crippen LogP contribution is 2.09. The van der Waals surface area contributed by atoms with Crippen molar-refractivity contribution in [3.05, 3.63) is 0 Å². The van der Waals surface area contributed by atoms with Gasteiger partial charge in [-0.1, -0.05) is 6.92 Å². The van der Waals surface area contributed by atoms with Crippen molar-refractivity contribution in [3.63, 3.8) is 0 Å². The van der Waals surface area contributed by atoms with Gasteiger partial charge in [-0.3, -0.25) is 9.89 Å². The summed E-state index contributed by atoms with van der Waals surface area (Å²) in [6.45, 7) is 16.1. The summed E-state index contributed by atoms with van der Waals surface area (Å²) in [6, 6.07) is 0. The lowest BCUT2D eigenvalue weighted by molar-refractivity contribution is 0.0904. The number of hydrogen-bond acceptors (Lipinski definition) is 6. The summed E-state index contributed by atoms with van der Waals surface area (Å²) in [6.07, 6.45) is 0.0481. The van der Waals surface area contributed by atoms with Gasteiger partial charge in [-0.25, -0.2) is 8.42 Å². The quantitative estimate of drug-likeness (QED) is 0.391. The summed E-state index contributed by atoms with van der Waals surface area (Å²) in [5.41, 5.74) is 0. The highest BCUT2D eigenvalue weighted by atomic mass is 32.2. The van der Waals surface area contributed by atoms with Crippen LogP contribution in [-0.4, -0.2) is 131 Å². The number of rotatable bonds is 9. The van der Waals surface area contributed by atoms with E-state index in [0.29, 0.717) is 26.2 Å². The largest absolute Gasteiger partial charge is 0.378 e. The van der Waals surface area contributed by atoms with Crippen LogP contribution in [0.2, 0.25) is 0 Å². The third-order valence-electron chi connectivity index (χ3n) is 5.56. The number of ether oxygens (including phenoxy) is 1. The Balaban J connectivity index is 1.70. The molecule has 2 saturated heterocycles. The van der Waals surface area contributed by atoms with E-state index in [1.54, 1.807) is 11.4 Å². The lowest BCUT2D eigenvalue weighted by atomic mass is 10.3. The van der Waals surface area contributed by atoms with E-state index in [1.165, 1.54) is 0 Å². The lowest BCUT2D eigenvalue weighted by Gasteiger charge is -2.36. The molecule has 29 heavy (non-hydrogen) atoms. The van der Waals surface area contributed by atoms with Gasteiger partial charge >= 0.3 is 0 Å². The number of piperazine rings is 2. The zero-order valence-corrected chi connectivity index (χ0v) is 19.5.